The van der Waals surface area contributed by atoms with E-state index in [1.807, 2.05) is 0 Å². The van der Waals surface area contributed by atoms with E-state index in [1.165, 1.54) is 31.5 Å². The molecule has 0 aliphatic rings. The molecule has 1 amide bonds. The number of carbonyl (C=O) groups is 1. The van der Waals surface area contributed by atoms with Crippen molar-refractivity contribution >= 4 is 29.4 Å². The van der Waals surface area contributed by atoms with Gasteiger partial charge in [0, 0.05) is 11.3 Å². The van der Waals surface area contributed by atoms with Gasteiger partial charge in [0.1, 0.15) is 12.9 Å². The number of carbonyl (C=O) groups excluding carboxylic acids is 1. The molecule has 24 heavy (non-hydrogen) atoms. The maximum atomic E-state index is 12.2. The molecule has 126 valence electrons. The van der Waals surface area contributed by atoms with Gasteiger partial charge in [-0.1, -0.05) is 28.9 Å². The quantitative estimate of drug-likeness (QED) is 0.625. The minimum atomic E-state index is -2.97. The maximum absolute atomic E-state index is 12.2. The molecule has 2 rings (SSSR count). The van der Waals surface area contributed by atoms with Gasteiger partial charge in [0.15, 0.2) is 0 Å². The first kappa shape index (κ1) is 17.7. The Morgan fingerprint density at radius 3 is 2.54 bits per heavy atom. The molecule has 0 saturated carbocycles. The molecule has 0 aliphatic heterocycles. The predicted molar refractivity (Wildman–Crippen MR) is 87.1 cm³/mol. The molecule has 5 nitrogen and oxygen atoms in total. The summed E-state index contributed by atoms with van der Waals surface area (Å²) in [6.07, 6.45) is 1.50. The number of benzene rings is 2. The summed E-state index contributed by atoms with van der Waals surface area (Å²) in [5, 5.41) is 6.21. The molecule has 2 aromatic rings. The monoisotopic (exact) mass is 354 g/mol. The fraction of sp³-hybridized carbons (Fsp3) is 0.125. The topological polar surface area (TPSA) is 59.9 Å². The van der Waals surface area contributed by atoms with Gasteiger partial charge < -0.3 is 14.9 Å². The van der Waals surface area contributed by atoms with Crippen LogP contribution in [0.15, 0.2) is 47.6 Å². The van der Waals surface area contributed by atoms with Gasteiger partial charge in [0.05, 0.1) is 11.2 Å². The lowest BCUT2D eigenvalue weighted by atomic mass is 10.1. The summed E-state index contributed by atoms with van der Waals surface area (Å²) in [4.78, 5) is 16.7. The summed E-state index contributed by atoms with van der Waals surface area (Å²) in [6.45, 7) is -2.97. The van der Waals surface area contributed by atoms with Gasteiger partial charge in [-0.15, -0.1) is 0 Å². The maximum Gasteiger partial charge on any atom is 0.387 e. The number of nitrogens with one attached hydrogen (secondary N) is 1. The zero-order chi connectivity index (χ0) is 17.5. The number of hydrogen-bond donors (Lipinski definition) is 1. The summed E-state index contributed by atoms with van der Waals surface area (Å²) in [5.74, 6) is -0.532. The first-order chi connectivity index (χ1) is 11.5. The number of nitrogens with zero attached hydrogens (tertiary/aromatic N) is 1. The second-order valence-corrected chi connectivity index (χ2v) is 4.92. The Bertz CT molecular complexity index is 737. The molecule has 0 unspecified atom stereocenters. The van der Waals surface area contributed by atoms with Crippen molar-refractivity contribution in [3.63, 3.8) is 0 Å². The van der Waals surface area contributed by atoms with E-state index in [9.17, 15) is 13.6 Å². The van der Waals surface area contributed by atoms with Crippen LogP contribution >= 0.6 is 11.6 Å². The summed E-state index contributed by atoms with van der Waals surface area (Å²) in [6, 6.07) is 10.6. The lowest BCUT2D eigenvalue weighted by molar-refractivity contribution is -0.0497. The van der Waals surface area contributed by atoms with Gasteiger partial charge in [-0.2, -0.15) is 8.78 Å². The number of rotatable bonds is 6. The molecule has 0 spiro atoms. The Morgan fingerprint density at radius 2 is 1.96 bits per heavy atom. The number of anilines is 1. The van der Waals surface area contributed by atoms with Gasteiger partial charge >= 0.3 is 6.61 Å². The molecule has 0 saturated heterocycles. The Balaban J connectivity index is 2.06. The molecular formula is C16H13ClF2N2O3. The zero-order valence-corrected chi connectivity index (χ0v) is 13.3. The molecular weight excluding hydrogens is 342 g/mol. The highest BCUT2D eigenvalue weighted by atomic mass is 35.5. The lowest BCUT2D eigenvalue weighted by Gasteiger charge is -2.09. The molecule has 0 atom stereocenters. The number of amides is 1. The highest BCUT2D eigenvalue weighted by Crippen LogP contribution is 2.29. The van der Waals surface area contributed by atoms with E-state index < -0.39 is 6.61 Å². The van der Waals surface area contributed by atoms with Crippen molar-refractivity contribution in [2.75, 3.05) is 12.4 Å². The minimum absolute atomic E-state index is 0.0285. The van der Waals surface area contributed by atoms with Crippen LogP contribution in [0.5, 0.6) is 5.75 Å². The molecule has 8 heteroatoms. The van der Waals surface area contributed by atoms with Crippen molar-refractivity contribution in [3.05, 3.63) is 58.6 Å². The van der Waals surface area contributed by atoms with Gasteiger partial charge in [-0.05, 0) is 35.9 Å². The third-order valence-electron chi connectivity index (χ3n) is 2.89. The van der Waals surface area contributed by atoms with Crippen LogP contribution in [-0.2, 0) is 4.84 Å². The minimum Gasteiger partial charge on any atom is -0.433 e. The number of oxime groups is 1. The van der Waals surface area contributed by atoms with Crippen molar-refractivity contribution in [2.45, 2.75) is 6.61 Å². The summed E-state index contributed by atoms with van der Waals surface area (Å²) < 4.78 is 28.6. The van der Waals surface area contributed by atoms with Crippen LogP contribution in [0.25, 0.3) is 0 Å². The largest absolute Gasteiger partial charge is 0.433 e. The van der Waals surface area contributed by atoms with Gasteiger partial charge in [-0.25, -0.2) is 0 Å². The van der Waals surface area contributed by atoms with Crippen molar-refractivity contribution < 1.29 is 23.1 Å². The Labute approximate surface area is 141 Å². The molecule has 0 aromatic heterocycles. The molecule has 0 radical (unpaired) electrons. The average Bonchev–Trinajstić information content (AvgIpc) is 2.55. The normalized spacial score (nSPS) is 10.9. The summed E-state index contributed by atoms with van der Waals surface area (Å²) in [5.41, 5.74) is 1.54. The highest BCUT2D eigenvalue weighted by molar-refractivity contribution is 6.32. The van der Waals surface area contributed by atoms with E-state index in [-0.39, 0.29) is 16.7 Å². The van der Waals surface area contributed by atoms with E-state index >= 15 is 0 Å². The molecule has 0 fully saturated rings. The number of hydrogen-bond acceptors (Lipinski definition) is 4. The van der Waals surface area contributed by atoms with E-state index in [4.69, 9.17) is 11.6 Å². The van der Waals surface area contributed by atoms with Gasteiger partial charge in [-0.3, -0.25) is 4.79 Å². The second-order valence-electron chi connectivity index (χ2n) is 4.52. The van der Waals surface area contributed by atoms with Crippen molar-refractivity contribution in [2.24, 2.45) is 5.16 Å². The van der Waals surface area contributed by atoms with E-state index in [0.29, 0.717) is 11.3 Å². The van der Waals surface area contributed by atoms with Crippen LogP contribution in [0.1, 0.15) is 15.9 Å². The Kier molecular flexibility index (Phi) is 6.08. The van der Waals surface area contributed by atoms with E-state index in [0.717, 1.165) is 5.56 Å². The first-order valence-electron chi connectivity index (χ1n) is 6.72. The van der Waals surface area contributed by atoms with Crippen LogP contribution in [-0.4, -0.2) is 25.8 Å². The number of ether oxygens (including phenoxy) is 1. The van der Waals surface area contributed by atoms with E-state index in [2.05, 4.69) is 20.0 Å². The van der Waals surface area contributed by atoms with Crippen LogP contribution in [0.4, 0.5) is 14.5 Å². The molecule has 1 N–H and O–H groups in total. The van der Waals surface area contributed by atoms with Crippen molar-refractivity contribution in [1.29, 1.82) is 0 Å². The third-order valence-corrected chi connectivity index (χ3v) is 3.18. The fourth-order valence-electron chi connectivity index (χ4n) is 1.81. The Morgan fingerprint density at radius 1 is 1.25 bits per heavy atom. The average molecular weight is 355 g/mol. The van der Waals surface area contributed by atoms with Crippen molar-refractivity contribution in [3.8, 4) is 5.75 Å². The lowest BCUT2D eigenvalue weighted by Crippen LogP contribution is -2.12. The second kappa shape index (κ2) is 8.26. The zero-order valence-electron chi connectivity index (χ0n) is 12.5. The first-order valence-corrected chi connectivity index (χ1v) is 7.09. The van der Waals surface area contributed by atoms with E-state index in [1.54, 1.807) is 24.3 Å². The van der Waals surface area contributed by atoms with Crippen LogP contribution in [0.3, 0.4) is 0 Å². The van der Waals surface area contributed by atoms with Crippen LogP contribution < -0.4 is 10.1 Å². The SMILES string of the molecule is CO/N=C/c1ccc(C(=O)Nc2ccc(OC(F)F)c(Cl)c2)cc1. The Hall–Kier alpha value is -2.67. The summed E-state index contributed by atoms with van der Waals surface area (Å²) >= 11 is 5.84. The van der Waals surface area contributed by atoms with Gasteiger partial charge in [0.25, 0.3) is 5.91 Å². The molecule has 0 aliphatic carbocycles. The fourth-order valence-corrected chi connectivity index (χ4v) is 2.03. The molecule has 2 aromatic carbocycles. The predicted octanol–water partition coefficient (Wildman–Crippen LogP) is 4.17. The molecule has 0 heterocycles. The van der Waals surface area contributed by atoms with Crippen molar-refractivity contribution in [1.82, 2.24) is 0 Å². The van der Waals surface area contributed by atoms with Gasteiger partial charge in [0.2, 0.25) is 0 Å². The number of halogens is 3. The highest BCUT2D eigenvalue weighted by Gasteiger charge is 2.11. The summed E-state index contributed by atoms with van der Waals surface area (Å²) in [7, 11) is 1.43. The smallest absolute Gasteiger partial charge is 0.387 e. The van der Waals surface area contributed by atoms with Crippen LogP contribution in [0, 0.1) is 0 Å². The standard InChI is InChI=1S/C16H13ClF2N2O3/c1-23-20-9-10-2-4-11(5-3-10)15(22)21-12-6-7-14(13(17)8-12)24-16(18)19/h2-9,16H,1H3,(H,21,22)/b20-9+. The third kappa shape index (κ3) is 4.92. The molecule has 0 bridgehead atoms. The van der Waals surface area contributed by atoms with Crippen LogP contribution in [0.2, 0.25) is 5.02 Å². The number of alkyl halides is 2.